The van der Waals surface area contributed by atoms with Crippen molar-refractivity contribution in [1.29, 1.82) is 0 Å². The molecule has 1 rings (SSSR count). The van der Waals surface area contributed by atoms with Gasteiger partial charge in [-0.3, -0.25) is 0 Å². The molecule has 0 saturated heterocycles. The highest BCUT2D eigenvalue weighted by atomic mass is 14.8. The summed E-state index contributed by atoms with van der Waals surface area (Å²) in [7, 11) is 1.93. The summed E-state index contributed by atoms with van der Waals surface area (Å²) in [5.74, 6) is 0. The third kappa shape index (κ3) is 9.11. The average molecular weight is 193 g/mol. The van der Waals surface area contributed by atoms with Crippen LogP contribution in [0.25, 0.3) is 0 Å². The highest BCUT2D eigenvalue weighted by Crippen LogP contribution is 2.08. The van der Waals surface area contributed by atoms with E-state index in [9.17, 15) is 0 Å². The summed E-state index contributed by atoms with van der Waals surface area (Å²) in [5, 5.41) is 3.07. The Kier molecular flexibility index (Phi) is 5.29. The van der Waals surface area contributed by atoms with Crippen molar-refractivity contribution in [3.8, 4) is 0 Å². The molecule has 0 bridgehead atoms. The lowest BCUT2D eigenvalue weighted by Gasteiger charge is -2.05. The molecule has 0 aliphatic carbocycles. The van der Waals surface area contributed by atoms with E-state index in [2.05, 4.69) is 52.1 Å². The molecule has 0 radical (unpaired) electrons. The van der Waals surface area contributed by atoms with Crippen molar-refractivity contribution in [2.45, 2.75) is 34.6 Å². The summed E-state index contributed by atoms with van der Waals surface area (Å²) >= 11 is 0. The predicted octanol–water partition coefficient (Wildman–Crippen LogP) is 4.09. The second-order valence-corrected chi connectivity index (χ2v) is 5.12. The van der Waals surface area contributed by atoms with Crippen molar-refractivity contribution < 1.29 is 0 Å². The maximum atomic E-state index is 3.07. The Morgan fingerprint density at radius 1 is 1.07 bits per heavy atom. The van der Waals surface area contributed by atoms with Gasteiger partial charge < -0.3 is 5.32 Å². The number of rotatable bonds is 1. The lowest BCUT2D eigenvalue weighted by molar-refractivity contribution is 0.469. The van der Waals surface area contributed by atoms with E-state index < -0.39 is 0 Å². The van der Waals surface area contributed by atoms with Crippen molar-refractivity contribution >= 4 is 5.69 Å². The van der Waals surface area contributed by atoms with Gasteiger partial charge in [-0.1, -0.05) is 39.8 Å². The molecule has 0 heterocycles. The highest BCUT2D eigenvalue weighted by Gasteiger charge is 1.95. The SMILES string of the molecule is CC(C)(C)C.CNc1cccc(C)c1. The summed E-state index contributed by atoms with van der Waals surface area (Å²) < 4.78 is 0. The van der Waals surface area contributed by atoms with Crippen molar-refractivity contribution in [2.24, 2.45) is 5.41 Å². The van der Waals surface area contributed by atoms with Crippen LogP contribution >= 0.6 is 0 Å². The fourth-order valence-electron chi connectivity index (χ4n) is 0.801. The van der Waals surface area contributed by atoms with Crippen molar-refractivity contribution in [3.63, 3.8) is 0 Å². The normalized spacial score (nSPS) is 10.1. The third-order valence-electron chi connectivity index (χ3n) is 1.31. The van der Waals surface area contributed by atoms with Gasteiger partial charge in [0.2, 0.25) is 0 Å². The van der Waals surface area contributed by atoms with Crippen LogP contribution in [0.1, 0.15) is 33.3 Å². The smallest absolute Gasteiger partial charge is 0.0340 e. The molecule has 0 amide bonds. The minimum atomic E-state index is 0.500. The Morgan fingerprint density at radius 3 is 1.86 bits per heavy atom. The van der Waals surface area contributed by atoms with Crippen LogP contribution in [0.2, 0.25) is 0 Å². The first kappa shape index (κ1) is 13.0. The van der Waals surface area contributed by atoms with Gasteiger partial charge in [0, 0.05) is 12.7 Å². The first-order valence-corrected chi connectivity index (χ1v) is 5.07. The molecule has 1 nitrogen and oxygen atoms in total. The van der Waals surface area contributed by atoms with Crippen LogP contribution in [0, 0.1) is 12.3 Å². The molecule has 0 atom stereocenters. The Labute approximate surface area is 88.5 Å². The molecule has 0 spiro atoms. The molecular formula is C13H23N. The zero-order chi connectivity index (χ0) is 11.2. The Hall–Kier alpha value is -0.980. The van der Waals surface area contributed by atoms with Gasteiger partial charge in [-0.2, -0.15) is 0 Å². The molecule has 0 aromatic heterocycles. The number of hydrogen-bond acceptors (Lipinski definition) is 1. The standard InChI is InChI=1S/C8H11N.C5H12/c1-7-4-3-5-8(6-7)9-2;1-5(2,3)4/h3-6,9H,1-2H3;1-4H3. The maximum absolute atomic E-state index is 3.07. The topological polar surface area (TPSA) is 12.0 Å². The molecule has 0 fully saturated rings. The average Bonchev–Trinajstić information content (AvgIpc) is 2.01. The van der Waals surface area contributed by atoms with Gasteiger partial charge in [0.05, 0.1) is 0 Å². The Balaban J connectivity index is 0.000000292. The van der Waals surface area contributed by atoms with Crippen LogP contribution in [0.15, 0.2) is 24.3 Å². The van der Waals surface area contributed by atoms with E-state index in [4.69, 9.17) is 0 Å². The summed E-state index contributed by atoms with van der Waals surface area (Å²) in [4.78, 5) is 0. The summed E-state index contributed by atoms with van der Waals surface area (Å²) in [5.41, 5.74) is 2.97. The second kappa shape index (κ2) is 5.69. The van der Waals surface area contributed by atoms with Gasteiger partial charge >= 0.3 is 0 Å². The van der Waals surface area contributed by atoms with Crippen LogP contribution in [-0.4, -0.2) is 7.05 Å². The zero-order valence-electron chi connectivity index (χ0n) is 10.3. The second-order valence-electron chi connectivity index (χ2n) is 5.12. The molecule has 80 valence electrons. The molecule has 1 N–H and O–H groups in total. The van der Waals surface area contributed by atoms with E-state index in [1.54, 1.807) is 0 Å². The maximum Gasteiger partial charge on any atom is 0.0340 e. The first-order chi connectivity index (χ1) is 6.33. The van der Waals surface area contributed by atoms with Gasteiger partial charge in [0.1, 0.15) is 0 Å². The number of nitrogens with one attached hydrogen (secondary N) is 1. The molecule has 1 aromatic rings. The van der Waals surface area contributed by atoms with Crippen LogP contribution in [0.5, 0.6) is 0 Å². The largest absolute Gasteiger partial charge is 0.388 e. The van der Waals surface area contributed by atoms with E-state index in [0.29, 0.717) is 5.41 Å². The van der Waals surface area contributed by atoms with Gasteiger partial charge in [0.15, 0.2) is 0 Å². The van der Waals surface area contributed by atoms with Crippen LogP contribution in [-0.2, 0) is 0 Å². The van der Waals surface area contributed by atoms with Crippen molar-refractivity contribution in [3.05, 3.63) is 29.8 Å². The van der Waals surface area contributed by atoms with Gasteiger partial charge in [-0.15, -0.1) is 0 Å². The number of anilines is 1. The van der Waals surface area contributed by atoms with Gasteiger partial charge in [0.25, 0.3) is 0 Å². The molecule has 1 heteroatoms. The van der Waals surface area contributed by atoms with Crippen LogP contribution < -0.4 is 5.32 Å². The zero-order valence-corrected chi connectivity index (χ0v) is 10.3. The van der Waals surface area contributed by atoms with E-state index in [1.165, 1.54) is 11.3 Å². The van der Waals surface area contributed by atoms with Crippen molar-refractivity contribution in [2.75, 3.05) is 12.4 Å². The number of hydrogen-bond donors (Lipinski definition) is 1. The summed E-state index contributed by atoms with van der Waals surface area (Å²) in [6.07, 6.45) is 0. The lowest BCUT2D eigenvalue weighted by Crippen LogP contribution is -1.93. The number of aryl methyl sites for hydroxylation is 1. The molecule has 1 aromatic carbocycles. The monoisotopic (exact) mass is 193 g/mol. The van der Waals surface area contributed by atoms with E-state index >= 15 is 0 Å². The highest BCUT2D eigenvalue weighted by molar-refractivity contribution is 5.44. The predicted molar refractivity (Wildman–Crippen MR) is 65.9 cm³/mol. The van der Waals surface area contributed by atoms with Crippen molar-refractivity contribution in [1.82, 2.24) is 0 Å². The van der Waals surface area contributed by atoms with E-state index in [-0.39, 0.29) is 0 Å². The van der Waals surface area contributed by atoms with E-state index in [0.717, 1.165) is 0 Å². The molecular weight excluding hydrogens is 170 g/mol. The molecule has 0 saturated carbocycles. The molecule has 0 aliphatic heterocycles. The van der Waals surface area contributed by atoms with Gasteiger partial charge in [-0.25, -0.2) is 0 Å². The molecule has 14 heavy (non-hydrogen) atoms. The van der Waals surface area contributed by atoms with Gasteiger partial charge in [-0.05, 0) is 30.0 Å². The van der Waals surface area contributed by atoms with Crippen LogP contribution in [0.4, 0.5) is 5.69 Å². The summed E-state index contributed by atoms with van der Waals surface area (Å²) in [6, 6.07) is 8.29. The fraction of sp³-hybridized carbons (Fsp3) is 0.538. The van der Waals surface area contributed by atoms with Crippen LogP contribution in [0.3, 0.4) is 0 Å². The minimum Gasteiger partial charge on any atom is -0.388 e. The molecule has 0 unspecified atom stereocenters. The molecule has 0 aliphatic rings. The first-order valence-electron chi connectivity index (χ1n) is 5.07. The minimum absolute atomic E-state index is 0.500. The Bertz CT molecular complexity index is 252. The third-order valence-corrected chi connectivity index (χ3v) is 1.31. The summed E-state index contributed by atoms with van der Waals surface area (Å²) in [6.45, 7) is 10.8. The number of benzene rings is 1. The fourth-order valence-corrected chi connectivity index (χ4v) is 0.801. The quantitative estimate of drug-likeness (QED) is 0.708. The lowest BCUT2D eigenvalue weighted by atomic mass is 10.0. The Morgan fingerprint density at radius 2 is 1.57 bits per heavy atom. The van der Waals surface area contributed by atoms with E-state index in [1.807, 2.05) is 19.2 Å².